The molecule has 1 aliphatic carbocycles. The molecule has 4 heterocycles. The zero-order chi connectivity index (χ0) is 20.7. The minimum absolute atomic E-state index is 0.220. The molecule has 0 aromatic carbocycles. The van der Waals surface area contributed by atoms with E-state index in [1.54, 1.807) is 0 Å². The second-order valence-corrected chi connectivity index (χ2v) is 7.66. The molecular formula is C17H23N9O4. The summed E-state index contributed by atoms with van der Waals surface area (Å²) in [5.41, 5.74) is 0.892. The van der Waals surface area contributed by atoms with E-state index in [1.165, 1.54) is 17.3 Å². The van der Waals surface area contributed by atoms with E-state index in [2.05, 4.69) is 40.9 Å². The molecule has 1 aliphatic heterocycles. The molecule has 30 heavy (non-hydrogen) atoms. The second kappa shape index (κ2) is 7.83. The number of tetrazole rings is 1. The SMILES string of the molecule is OCC1OC(n2cnc3c(NC4CCCCC4)nc(-c4nn[nH]n4)nc32)[C@@H](O)C1O. The highest BCUT2D eigenvalue weighted by molar-refractivity contribution is 5.84. The molecule has 3 unspecified atom stereocenters. The fourth-order valence-corrected chi connectivity index (χ4v) is 4.11. The molecule has 5 N–H and O–H groups in total. The lowest BCUT2D eigenvalue weighted by Gasteiger charge is -2.23. The highest BCUT2D eigenvalue weighted by Crippen LogP contribution is 2.33. The van der Waals surface area contributed by atoms with E-state index in [0.717, 1.165) is 25.7 Å². The Balaban J connectivity index is 1.58. The first-order chi connectivity index (χ1) is 14.7. The minimum atomic E-state index is -1.25. The summed E-state index contributed by atoms with van der Waals surface area (Å²) in [6.45, 7) is -0.418. The van der Waals surface area contributed by atoms with Crippen LogP contribution in [-0.4, -0.2) is 86.4 Å². The van der Waals surface area contributed by atoms with Crippen molar-refractivity contribution < 1.29 is 20.1 Å². The van der Waals surface area contributed by atoms with Crippen LogP contribution in [0.2, 0.25) is 0 Å². The number of nitrogens with zero attached hydrogens (tertiary/aromatic N) is 7. The van der Waals surface area contributed by atoms with Gasteiger partial charge in [0, 0.05) is 6.04 Å². The first kappa shape index (κ1) is 19.2. The van der Waals surface area contributed by atoms with E-state index in [1.807, 2.05) is 0 Å². The van der Waals surface area contributed by atoms with Gasteiger partial charge in [0.15, 0.2) is 23.2 Å². The number of aromatic amines is 1. The number of fused-ring (bicyclic) bond motifs is 1. The normalized spacial score (nSPS) is 27.7. The fraction of sp³-hybridized carbons (Fsp3) is 0.647. The number of H-pyrrole nitrogens is 1. The third-order valence-corrected chi connectivity index (χ3v) is 5.70. The molecule has 13 heteroatoms. The first-order valence-corrected chi connectivity index (χ1v) is 10.0. The van der Waals surface area contributed by atoms with Crippen molar-refractivity contribution in [2.45, 2.75) is 62.7 Å². The zero-order valence-corrected chi connectivity index (χ0v) is 16.1. The molecule has 3 aromatic heterocycles. The van der Waals surface area contributed by atoms with Gasteiger partial charge < -0.3 is 25.4 Å². The summed E-state index contributed by atoms with van der Waals surface area (Å²) in [7, 11) is 0. The average Bonchev–Trinajstić information content (AvgIpc) is 3.50. The Morgan fingerprint density at radius 2 is 1.97 bits per heavy atom. The number of aliphatic hydroxyl groups is 3. The Hall–Kier alpha value is -2.74. The smallest absolute Gasteiger partial charge is 0.241 e. The van der Waals surface area contributed by atoms with Crippen LogP contribution in [0.25, 0.3) is 22.8 Å². The quantitative estimate of drug-likeness (QED) is 0.356. The van der Waals surface area contributed by atoms with E-state index < -0.39 is 31.1 Å². The minimum Gasteiger partial charge on any atom is -0.394 e. The van der Waals surface area contributed by atoms with Gasteiger partial charge in [0.05, 0.1) is 12.9 Å². The Labute approximate surface area is 170 Å². The standard InChI is InChI=1S/C17H23N9O4/c27-6-9-11(28)12(29)17(30-9)26-7-18-10-13(19-8-4-2-1-3-5-8)20-14(21-16(10)26)15-22-24-25-23-15/h7-9,11-12,17,27-29H,1-6H2,(H,19,20,21)(H,22,23,24,25)/t9?,11?,12-,17?/m0/s1. The van der Waals surface area contributed by atoms with E-state index in [-0.39, 0.29) is 17.7 Å². The van der Waals surface area contributed by atoms with Crippen molar-refractivity contribution in [1.29, 1.82) is 0 Å². The predicted molar refractivity (Wildman–Crippen MR) is 102 cm³/mol. The Bertz CT molecular complexity index is 1000. The maximum Gasteiger partial charge on any atom is 0.241 e. The summed E-state index contributed by atoms with van der Waals surface area (Å²) < 4.78 is 7.17. The first-order valence-electron chi connectivity index (χ1n) is 10.0. The summed E-state index contributed by atoms with van der Waals surface area (Å²) in [5.74, 6) is 0.998. The van der Waals surface area contributed by atoms with Gasteiger partial charge in [-0.25, -0.2) is 15.0 Å². The van der Waals surface area contributed by atoms with Crippen molar-refractivity contribution in [3.8, 4) is 11.6 Å². The van der Waals surface area contributed by atoms with Crippen LogP contribution in [0.5, 0.6) is 0 Å². The highest BCUT2D eigenvalue weighted by atomic mass is 16.6. The molecule has 0 spiro atoms. The van der Waals surface area contributed by atoms with E-state index in [0.29, 0.717) is 17.0 Å². The Kier molecular flexibility index (Phi) is 5.02. The van der Waals surface area contributed by atoms with Gasteiger partial charge in [-0.05, 0) is 18.1 Å². The monoisotopic (exact) mass is 417 g/mol. The van der Waals surface area contributed by atoms with Crippen molar-refractivity contribution in [3.63, 3.8) is 0 Å². The summed E-state index contributed by atoms with van der Waals surface area (Å²) in [6, 6.07) is 0.272. The number of nitrogens with one attached hydrogen (secondary N) is 2. The molecule has 2 aliphatic rings. The van der Waals surface area contributed by atoms with Crippen LogP contribution in [0.3, 0.4) is 0 Å². The highest BCUT2D eigenvalue weighted by Gasteiger charge is 2.44. The van der Waals surface area contributed by atoms with Gasteiger partial charge in [0.1, 0.15) is 18.3 Å². The topological polar surface area (TPSA) is 180 Å². The molecule has 160 valence electrons. The summed E-state index contributed by atoms with van der Waals surface area (Å²) in [6.07, 6.45) is 2.75. The third kappa shape index (κ3) is 3.29. The number of rotatable bonds is 5. The molecule has 13 nitrogen and oxygen atoms in total. The van der Waals surface area contributed by atoms with Crippen molar-refractivity contribution in [3.05, 3.63) is 6.33 Å². The van der Waals surface area contributed by atoms with Crippen molar-refractivity contribution in [2.24, 2.45) is 0 Å². The molecule has 1 saturated heterocycles. The molecule has 0 bridgehead atoms. The predicted octanol–water partition coefficient (Wildman–Crippen LogP) is -0.637. The molecule has 5 rings (SSSR count). The van der Waals surface area contributed by atoms with Crippen molar-refractivity contribution in [1.82, 2.24) is 40.1 Å². The Morgan fingerprint density at radius 1 is 1.13 bits per heavy atom. The largest absolute Gasteiger partial charge is 0.394 e. The molecular weight excluding hydrogens is 394 g/mol. The van der Waals surface area contributed by atoms with Gasteiger partial charge in [-0.15, -0.1) is 10.2 Å². The van der Waals surface area contributed by atoms with Crippen LogP contribution in [0.4, 0.5) is 5.82 Å². The maximum absolute atomic E-state index is 10.4. The lowest BCUT2D eigenvalue weighted by atomic mass is 9.95. The fourth-order valence-electron chi connectivity index (χ4n) is 4.11. The number of hydrogen-bond acceptors (Lipinski definition) is 11. The third-order valence-electron chi connectivity index (χ3n) is 5.70. The van der Waals surface area contributed by atoms with Crippen molar-refractivity contribution in [2.75, 3.05) is 11.9 Å². The van der Waals surface area contributed by atoms with Crippen LogP contribution in [0.1, 0.15) is 38.3 Å². The van der Waals surface area contributed by atoms with Crippen molar-refractivity contribution >= 4 is 17.0 Å². The van der Waals surface area contributed by atoms with E-state index >= 15 is 0 Å². The molecule has 0 amide bonds. The van der Waals surface area contributed by atoms with Crippen LogP contribution in [0, 0.1) is 0 Å². The van der Waals surface area contributed by atoms with Gasteiger partial charge in [-0.2, -0.15) is 5.21 Å². The molecule has 0 radical (unpaired) electrons. The van der Waals surface area contributed by atoms with Gasteiger partial charge in [0.2, 0.25) is 11.6 Å². The van der Waals surface area contributed by atoms with Gasteiger partial charge >= 0.3 is 0 Å². The van der Waals surface area contributed by atoms with Crippen LogP contribution < -0.4 is 5.32 Å². The molecule has 4 atom stereocenters. The summed E-state index contributed by atoms with van der Waals surface area (Å²) >= 11 is 0. The number of ether oxygens (including phenoxy) is 1. The Morgan fingerprint density at radius 3 is 2.67 bits per heavy atom. The lowest BCUT2D eigenvalue weighted by Crippen LogP contribution is -2.33. The van der Waals surface area contributed by atoms with Gasteiger partial charge in [-0.3, -0.25) is 4.57 Å². The van der Waals surface area contributed by atoms with Crippen LogP contribution in [-0.2, 0) is 4.74 Å². The lowest BCUT2D eigenvalue weighted by molar-refractivity contribution is -0.0511. The zero-order valence-electron chi connectivity index (χ0n) is 16.1. The van der Waals surface area contributed by atoms with Crippen LogP contribution >= 0.6 is 0 Å². The van der Waals surface area contributed by atoms with E-state index in [9.17, 15) is 15.3 Å². The van der Waals surface area contributed by atoms with E-state index in [4.69, 9.17) is 4.74 Å². The van der Waals surface area contributed by atoms with Crippen LogP contribution in [0.15, 0.2) is 6.33 Å². The maximum atomic E-state index is 10.4. The molecule has 1 saturated carbocycles. The number of aromatic nitrogens is 8. The average molecular weight is 417 g/mol. The van der Waals surface area contributed by atoms with Gasteiger partial charge in [-0.1, -0.05) is 19.3 Å². The molecule has 3 aromatic rings. The number of anilines is 1. The number of imidazole rings is 1. The summed E-state index contributed by atoms with van der Waals surface area (Å²) in [5, 5.41) is 47.3. The summed E-state index contributed by atoms with van der Waals surface area (Å²) in [4.78, 5) is 13.5. The number of aliphatic hydroxyl groups excluding tert-OH is 3. The molecule has 2 fully saturated rings. The van der Waals surface area contributed by atoms with Gasteiger partial charge in [0.25, 0.3) is 0 Å². The second-order valence-electron chi connectivity index (χ2n) is 7.66. The number of hydrogen-bond donors (Lipinski definition) is 5.